The second kappa shape index (κ2) is 11.6. The number of carbonyl (C=O) groups excluding carboxylic acids is 2. The fraction of sp³-hybridized carbons (Fsp3) is 0.259. The Hall–Kier alpha value is -3.36. The molecule has 0 aliphatic carbocycles. The Morgan fingerprint density at radius 2 is 1.61 bits per heavy atom. The third-order valence-corrected chi connectivity index (χ3v) is 7.86. The van der Waals surface area contributed by atoms with Gasteiger partial charge in [0.2, 0.25) is 11.8 Å². The number of carbonyl (C=O) groups is 2. The van der Waals surface area contributed by atoms with Gasteiger partial charge >= 0.3 is 0 Å². The van der Waals surface area contributed by atoms with Crippen molar-refractivity contribution in [2.45, 2.75) is 38.3 Å². The van der Waals surface area contributed by atoms with Crippen LogP contribution in [0, 0.1) is 13.8 Å². The lowest BCUT2D eigenvalue weighted by Gasteiger charge is -2.32. The van der Waals surface area contributed by atoms with E-state index >= 15 is 0 Å². The molecular formula is C27H30ClN3O4S. The van der Waals surface area contributed by atoms with Crippen LogP contribution in [-0.2, 0) is 26.2 Å². The number of nitrogens with zero attached hydrogens (tertiary/aromatic N) is 2. The summed E-state index contributed by atoms with van der Waals surface area (Å²) in [5.41, 5.74) is 2.84. The van der Waals surface area contributed by atoms with Crippen molar-refractivity contribution < 1.29 is 18.0 Å². The number of hydrogen-bond donors (Lipinski definition) is 1. The highest BCUT2D eigenvalue weighted by Gasteiger charge is 2.32. The Bertz CT molecular complexity index is 1340. The number of sulfonamides is 1. The van der Waals surface area contributed by atoms with Crippen LogP contribution in [0.1, 0.15) is 23.6 Å². The Morgan fingerprint density at radius 3 is 2.22 bits per heavy atom. The molecule has 0 spiro atoms. The van der Waals surface area contributed by atoms with Crippen LogP contribution in [0.15, 0.2) is 77.7 Å². The van der Waals surface area contributed by atoms with Gasteiger partial charge in [-0.05, 0) is 68.3 Å². The second-order valence-electron chi connectivity index (χ2n) is 8.61. The van der Waals surface area contributed by atoms with E-state index in [1.807, 2.05) is 19.9 Å². The lowest BCUT2D eigenvalue weighted by molar-refractivity contribution is -0.139. The minimum atomic E-state index is -4.08. The van der Waals surface area contributed by atoms with E-state index in [0.717, 1.165) is 21.0 Å². The lowest BCUT2D eigenvalue weighted by atomic mass is 10.1. The van der Waals surface area contributed by atoms with Crippen LogP contribution in [0.4, 0.5) is 5.69 Å². The van der Waals surface area contributed by atoms with Crippen LogP contribution in [0.25, 0.3) is 0 Å². The summed E-state index contributed by atoms with van der Waals surface area (Å²) in [5, 5.41) is 3.06. The SMILES string of the molecule is CNC(=O)C(C)N(Cc1cccc(Cl)c1)C(=O)CN(c1cccc(C)c1)S(=O)(=O)c1ccc(C)cc1. The first-order valence-corrected chi connectivity index (χ1v) is 13.3. The lowest BCUT2D eigenvalue weighted by Crippen LogP contribution is -2.50. The summed E-state index contributed by atoms with van der Waals surface area (Å²) in [4.78, 5) is 27.6. The van der Waals surface area contributed by atoms with Gasteiger partial charge in [0.15, 0.2) is 0 Å². The van der Waals surface area contributed by atoms with E-state index < -0.39 is 28.5 Å². The largest absolute Gasteiger partial charge is 0.357 e. The van der Waals surface area contributed by atoms with Gasteiger partial charge in [0.05, 0.1) is 10.6 Å². The molecule has 0 saturated carbocycles. The van der Waals surface area contributed by atoms with E-state index in [0.29, 0.717) is 10.7 Å². The first-order valence-electron chi connectivity index (χ1n) is 11.4. The van der Waals surface area contributed by atoms with Crippen LogP contribution in [0.2, 0.25) is 5.02 Å². The predicted molar refractivity (Wildman–Crippen MR) is 142 cm³/mol. The van der Waals surface area contributed by atoms with E-state index in [2.05, 4.69) is 5.32 Å². The highest BCUT2D eigenvalue weighted by Crippen LogP contribution is 2.26. The molecule has 0 heterocycles. The van der Waals surface area contributed by atoms with Crippen molar-refractivity contribution in [2.75, 3.05) is 17.9 Å². The average Bonchev–Trinajstić information content (AvgIpc) is 2.85. The third-order valence-electron chi connectivity index (χ3n) is 5.83. The van der Waals surface area contributed by atoms with Crippen molar-refractivity contribution in [3.05, 3.63) is 94.5 Å². The maximum absolute atomic E-state index is 13.7. The van der Waals surface area contributed by atoms with E-state index in [1.165, 1.54) is 24.1 Å². The minimum Gasteiger partial charge on any atom is -0.357 e. The molecule has 0 bridgehead atoms. The highest BCUT2D eigenvalue weighted by molar-refractivity contribution is 7.92. The van der Waals surface area contributed by atoms with Crippen LogP contribution in [0.3, 0.4) is 0 Å². The van der Waals surface area contributed by atoms with Gasteiger partial charge in [-0.3, -0.25) is 13.9 Å². The summed E-state index contributed by atoms with van der Waals surface area (Å²) in [6.07, 6.45) is 0. The Labute approximate surface area is 217 Å². The molecule has 0 saturated heterocycles. The van der Waals surface area contributed by atoms with Crippen molar-refractivity contribution in [2.24, 2.45) is 0 Å². The van der Waals surface area contributed by atoms with E-state index in [1.54, 1.807) is 61.5 Å². The van der Waals surface area contributed by atoms with E-state index in [4.69, 9.17) is 11.6 Å². The van der Waals surface area contributed by atoms with Gasteiger partial charge in [0.1, 0.15) is 12.6 Å². The van der Waals surface area contributed by atoms with Crippen molar-refractivity contribution in [3.63, 3.8) is 0 Å². The first kappa shape index (κ1) is 27.2. The van der Waals surface area contributed by atoms with Crippen LogP contribution in [0.5, 0.6) is 0 Å². The van der Waals surface area contributed by atoms with Crippen molar-refractivity contribution in [1.29, 1.82) is 0 Å². The number of aryl methyl sites for hydroxylation is 2. The van der Waals surface area contributed by atoms with Crippen LogP contribution >= 0.6 is 11.6 Å². The topological polar surface area (TPSA) is 86.8 Å². The number of anilines is 1. The second-order valence-corrected chi connectivity index (χ2v) is 10.9. The normalized spacial score (nSPS) is 12.0. The van der Waals surface area contributed by atoms with Gasteiger partial charge in [-0.15, -0.1) is 0 Å². The molecule has 9 heteroatoms. The number of rotatable bonds is 9. The Kier molecular flexibility index (Phi) is 8.76. The maximum Gasteiger partial charge on any atom is 0.264 e. The molecule has 7 nitrogen and oxygen atoms in total. The number of nitrogens with one attached hydrogen (secondary N) is 1. The maximum atomic E-state index is 13.7. The molecule has 3 rings (SSSR count). The van der Waals surface area contributed by atoms with Gasteiger partial charge in [-0.1, -0.05) is 53.6 Å². The quantitative estimate of drug-likeness (QED) is 0.449. The molecule has 0 aromatic heterocycles. The van der Waals surface area contributed by atoms with Crippen molar-refractivity contribution in [1.82, 2.24) is 10.2 Å². The highest BCUT2D eigenvalue weighted by atomic mass is 35.5. The van der Waals surface area contributed by atoms with Crippen molar-refractivity contribution >= 4 is 39.1 Å². The molecule has 3 aromatic rings. The van der Waals surface area contributed by atoms with E-state index in [9.17, 15) is 18.0 Å². The molecule has 1 N–H and O–H groups in total. The molecule has 1 atom stereocenters. The fourth-order valence-corrected chi connectivity index (χ4v) is 5.39. The van der Waals surface area contributed by atoms with Gasteiger partial charge in [0.25, 0.3) is 10.0 Å². The molecule has 2 amide bonds. The number of amides is 2. The molecule has 3 aromatic carbocycles. The Morgan fingerprint density at radius 1 is 0.944 bits per heavy atom. The third kappa shape index (κ3) is 6.44. The number of likely N-dealkylation sites (N-methyl/N-ethyl adjacent to an activating group) is 1. The van der Waals surface area contributed by atoms with E-state index in [-0.39, 0.29) is 17.3 Å². The summed E-state index contributed by atoms with van der Waals surface area (Å²) in [6, 6.07) is 19.5. The standard InChI is InChI=1S/C27H30ClN3O4S/c1-19-11-13-25(14-12-19)36(34,35)31(24-10-5-7-20(2)15-24)18-26(32)30(21(3)27(33)29-4)17-22-8-6-9-23(28)16-22/h5-16,21H,17-18H2,1-4H3,(H,29,33). The zero-order valence-corrected chi connectivity index (χ0v) is 22.3. The van der Waals surface area contributed by atoms with Gasteiger partial charge in [0, 0.05) is 18.6 Å². The predicted octanol–water partition coefficient (Wildman–Crippen LogP) is 4.32. The van der Waals surface area contributed by atoms with Gasteiger partial charge in [-0.25, -0.2) is 8.42 Å². The molecule has 1 unspecified atom stereocenters. The monoisotopic (exact) mass is 527 g/mol. The molecule has 0 aliphatic heterocycles. The number of halogens is 1. The molecular weight excluding hydrogens is 498 g/mol. The summed E-state index contributed by atoms with van der Waals surface area (Å²) in [6.45, 7) is 4.92. The fourth-order valence-electron chi connectivity index (χ4n) is 3.77. The summed E-state index contributed by atoms with van der Waals surface area (Å²) >= 11 is 6.12. The molecule has 0 radical (unpaired) electrons. The zero-order valence-electron chi connectivity index (χ0n) is 20.7. The summed E-state index contributed by atoms with van der Waals surface area (Å²) in [7, 11) is -2.60. The Balaban J connectivity index is 2.03. The molecule has 0 fully saturated rings. The summed E-state index contributed by atoms with van der Waals surface area (Å²) in [5.74, 6) is -0.892. The minimum absolute atomic E-state index is 0.0724. The molecule has 190 valence electrons. The summed E-state index contributed by atoms with van der Waals surface area (Å²) < 4.78 is 28.6. The van der Waals surface area contributed by atoms with Crippen molar-refractivity contribution in [3.8, 4) is 0 Å². The van der Waals surface area contributed by atoms with Gasteiger partial charge < -0.3 is 10.2 Å². The first-order chi connectivity index (χ1) is 17.0. The van der Waals surface area contributed by atoms with Gasteiger partial charge in [-0.2, -0.15) is 0 Å². The average molecular weight is 528 g/mol. The number of benzene rings is 3. The smallest absolute Gasteiger partial charge is 0.264 e. The number of hydrogen-bond acceptors (Lipinski definition) is 4. The zero-order chi connectivity index (χ0) is 26.5. The molecule has 0 aliphatic rings. The van der Waals surface area contributed by atoms with Crippen LogP contribution < -0.4 is 9.62 Å². The van der Waals surface area contributed by atoms with Crippen LogP contribution in [-0.4, -0.2) is 44.8 Å². The molecule has 36 heavy (non-hydrogen) atoms.